The molecule has 2 aliphatic heterocycles. The molecule has 0 amide bonds. The summed E-state index contributed by atoms with van der Waals surface area (Å²) in [7, 11) is 0. The van der Waals surface area contributed by atoms with E-state index in [1.54, 1.807) is 0 Å². The first-order valence-electron chi connectivity index (χ1n) is 4.02. The lowest BCUT2D eigenvalue weighted by atomic mass is 10.0. The summed E-state index contributed by atoms with van der Waals surface area (Å²) < 4.78 is 5.56. The third-order valence-electron chi connectivity index (χ3n) is 2.27. The van der Waals surface area contributed by atoms with Gasteiger partial charge in [-0.25, -0.2) is 0 Å². The van der Waals surface area contributed by atoms with Crippen molar-refractivity contribution in [1.82, 2.24) is 10.6 Å². The molecule has 0 saturated carbocycles. The Hall–Kier alpha value is -0.120. The summed E-state index contributed by atoms with van der Waals surface area (Å²) in [6.07, 6.45) is 1.65. The molecule has 0 radical (unpaired) electrons. The van der Waals surface area contributed by atoms with Crippen molar-refractivity contribution < 1.29 is 4.74 Å². The van der Waals surface area contributed by atoms with Gasteiger partial charge in [0.05, 0.1) is 12.7 Å². The van der Waals surface area contributed by atoms with Crippen LogP contribution >= 0.6 is 0 Å². The second-order valence-electron chi connectivity index (χ2n) is 2.96. The molecule has 58 valence electrons. The van der Waals surface area contributed by atoms with Crippen molar-refractivity contribution in [3.05, 3.63) is 0 Å². The van der Waals surface area contributed by atoms with E-state index >= 15 is 0 Å². The number of morpholine rings is 1. The fraction of sp³-hybridized carbons (Fsp3) is 1.00. The van der Waals surface area contributed by atoms with Crippen molar-refractivity contribution in [1.29, 1.82) is 0 Å². The van der Waals surface area contributed by atoms with Gasteiger partial charge in [-0.2, -0.15) is 0 Å². The molecule has 2 N–H and O–H groups in total. The lowest BCUT2D eigenvalue weighted by molar-refractivity contribution is -0.0152. The summed E-state index contributed by atoms with van der Waals surface area (Å²) in [5.74, 6) is 0. The summed E-state index contributed by atoms with van der Waals surface area (Å²) in [5.41, 5.74) is 0. The van der Waals surface area contributed by atoms with Gasteiger partial charge in [0, 0.05) is 19.1 Å². The molecule has 3 nitrogen and oxygen atoms in total. The van der Waals surface area contributed by atoms with Crippen LogP contribution in [0.15, 0.2) is 0 Å². The molecule has 2 fully saturated rings. The van der Waals surface area contributed by atoms with Gasteiger partial charge in [0.15, 0.2) is 0 Å². The fourth-order valence-electron chi connectivity index (χ4n) is 1.69. The summed E-state index contributed by atoms with van der Waals surface area (Å²) in [6, 6.07) is 0.620. The molecule has 0 bridgehead atoms. The minimum atomic E-state index is 0.433. The van der Waals surface area contributed by atoms with Crippen LogP contribution in [0.2, 0.25) is 0 Å². The highest BCUT2D eigenvalue weighted by atomic mass is 16.5. The van der Waals surface area contributed by atoms with E-state index in [0.717, 1.165) is 26.2 Å². The highest BCUT2D eigenvalue weighted by Gasteiger charge is 2.27. The summed E-state index contributed by atoms with van der Waals surface area (Å²) in [6.45, 7) is 4.07. The third-order valence-corrected chi connectivity index (χ3v) is 2.27. The average Bonchev–Trinajstić information content (AvgIpc) is 2.05. The molecule has 2 heterocycles. The summed E-state index contributed by atoms with van der Waals surface area (Å²) >= 11 is 0. The Balaban J connectivity index is 1.93. The van der Waals surface area contributed by atoms with Crippen LogP contribution in [0.1, 0.15) is 6.42 Å². The van der Waals surface area contributed by atoms with Gasteiger partial charge in [-0.1, -0.05) is 0 Å². The largest absolute Gasteiger partial charge is 0.374 e. The number of rotatable bonds is 0. The Morgan fingerprint density at radius 3 is 3.20 bits per heavy atom. The van der Waals surface area contributed by atoms with Crippen molar-refractivity contribution in [3.63, 3.8) is 0 Å². The van der Waals surface area contributed by atoms with Crippen molar-refractivity contribution in [2.75, 3.05) is 26.2 Å². The first-order chi connectivity index (χ1) is 4.97. The molecule has 0 spiro atoms. The maximum atomic E-state index is 5.56. The maximum absolute atomic E-state index is 5.56. The second kappa shape index (κ2) is 2.86. The Morgan fingerprint density at radius 1 is 1.30 bits per heavy atom. The number of fused-ring (bicyclic) bond motifs is 1. The van der Waals surface area contributed by atoms with E-state index in [1.165, 1.54) is 6.42 Å². The molecule has 2 saturated heterocycles. The van der Waals surface area contributed by atoms with E-state index in [0.29, 0.717) is 12.1 Å². The first kappa shape index (κ1) is 6.58. The van der Waals surface area contributed by atoms with Crippen molar-refractivity contribution in [2.45, 2.75) is 18.6 Å². The lowest BCUT2D eigenvalue weighted by Crippen LogP contribution is -2.56. The minimum Gasteiger partial charge on any atom is -0.374 e. The van der Waals surface area contributed by atoms with Crippen molar-refractivity contribution in [3.8, 4) is 0 Å². The molecule has 3 heteroatoms. The van der Waals surface area contributed by atoms with E-state index in [9.17, 15) is 0 Å². The van der Waals surface area contributed by atoms with Crippen LogP contribution in [0.4, 0.5) is 0 Å². The standard InChI is InChI=1S/C7H14N2O/c1-2-8-5-7-6(1)9-3-4-10-7/h6-9H,1-5H2/t6?,7-/m1/s1. The van der Waals surface area contributed by atoms with Gasteiger partial charge in [0.2, 0.25) is 0 Å². The van der Waals surface area contributed by atoms with Crippen LogP contribution in [0, 0.1) is 0 Å². The highest BCUT2D eigenvalue weighted by molar-refractivity contribution is 4.86. The molecule has 0 aromatic heterocycles. The number of piperidine rings is 1. The van der Waals surface area contributed by atoms with Crippen LogP contribution in [0.25, 0.3) is 0 Å². The highest BCUT2D eigenvalue weighted by Crippen LogP contribution is 2.10. The zero-order valence-corrected chi connectivity index (χ0v) is 6.10. The number of hydrogen-bond acceptors (Lipinski definition) is 3. The zero-order chi connectivity index (χ0) is 6.81. The summed E-state index contributed by atoms with van der Waals surface area (Å²) in [5, 5.41) is 6.77. The third kappa shape index (κ3) is 1.17. The van der Waals surface area contributed by atoms with Gasteiger partial charge in [-0.3, -0.25) is 0 Å². The quantitative estimate of drug-likeness (QED) is 0.471. The van der Waals surface area contributed by atoms with Gasteiger partial charge >= 0.3 is 0 Å². The first-order valence-corrected chi connectivity index (χ1v) is 4.02. The zero-order valence-electron chi connectivity index (χ0n) is 6.10. The SMILES string of the molecule is C1CC2NCCO[C@@H]2CN1. The molecule has 0 aromatic carbocycles. The fourth-order valence-corrected chi connectivity index (χ4v) is 1.69. The van der Waals surface area contributed by atoms with E-state index < -0.39 is 0 Å². The van der Waals surface area contributed by atoms with Crippen LogP contribution in [-0.4, -0.2) is 38.4 Å². The van der Waals surface area contributed by atoms with E-state index in [-0.39, 0.29) is 0 Å². The van der Waals surface area contributed by atoms with Crippen LogP contribution in [0.3, 0.4) is 0 Å². The molecule has 10 heavy (non-hydrogen) atoms. The molecule has 2 aliphatic rings. The monoisotopic (exact) mass is 142 g/mol. The molecule has 0 aromatic rings. The Bertz CT molecular complexity index is 92.2. The van der Waals surface area contributed by atoms with Gasteiger partial charge in [0.25, 0.3) is 0 Å². The van der Waals surface area contributed by atoms with Crippen LogP contribution < -0.4 is 10.6 Å². The average molecular weight is 142 g/mol. The van der Waals surface area contributed by atoms with Gasteiger partial charge in [-0.05, 0) is 13.0 Å². The second-order valence-corrected chi connectivity index (χ2v) is 2.96. The smallest absolute Gasteiger partial charge is 0.0853 e. The molecule has 0 aliphatic carbocycles. The predicted molar refractivity (Wildman–Crippen MR) is 39.0 cm³/mol. The topological polar surface area (TPSA) is 33.3 Å². The Kier molecular flexibility index (Phi) is 1.88. The van der Waals surface area contributed by atoms with E-state index in [1.807, 2.05) is 0 Å². The van der Waals surface area contributed by atoms with Gasteiger partial charge < -0.3 is 15.4 Å². The Morgan fingerprint density at radius 2 is 2.30 bits per heavy atom. The summed E-state index contributed by atoms with van der Waals surface area (Å²) in [4.78, 5) is 0. The molecular formula is C7H14N2O. The van der Waals surface area contributed by atoms with Gasteiger partial charge in [0.1, 0.15) is 0 Å². The van der Waals surface area contributed by atoms with Crippen molar-refractivity contribution in [2.24, 2.45) is 0 Å². The van der Waals surface area contributed by atoms with Crippen molar-refractivity contribution >= 4 is 0 Å². The van der Waals surface area contributed by atoms with Crippen LogP contribution in [-0.2, 0) is 4.74 Å². The molecular weight excluding hydrogens is 128 g/mol. The number of ether oxygens (including phenoxy) is 1. The Labute approximate surface area is 61.1 Å². The minimum absolute atomic E-state index is 0.433. The lowest BCUT2D eigenvalue weighted by Gasteiger charge is -2.36. The molecule has 2 rings (SSSR count). The van der Waals surface area contributed by atoms with E-state index in [4.69, 9.17) is 4.74 Å². The predicted octanol–water partition coefficient (Wildman–Crippen LogP) is -0.663. The van der Waals surface area contributed by atoms with E-state index in [2.05, 4.69) is 10.6 Å². The normalized spacial score (nSPS) is 40.8. The number of hydrogen-bond donors (Lipinski definition) is 2. The maximum Gasteiger partial charge on any atom is 0.0853 e. The van der Waals surface area contributed by atoms with Gasteiger partial charge in [-0.15, -0.1) is 0 Å². The molecule has 1 unspecified atom stereocenters. The molecule has 2 atom stereocenters. The van der Waals surface area contributed by atoms with Crippen LogP contribution in [0.5, 0.6) is 0 Å². The number of nitrogens with one attached hydrogen (secondary N) is 2.